The Morgan fingerprint density at radius 3 is 2.71 bits per heavy atom. The zero-order valence-electron chi connectivity index (χ0n) is 10.00. The number of nitrogens with two attached hydrogens (primary N) is 1. The van der Waals surface area contributed by atoms with Gasteiger partial charge >= 0.3 is 0 Å². The summed E-state index contributed by atoms with van der Waals surface area (Å²) < 4.78 is 13.4. The average Bonchev–Trinajstić information content (AvgIpc) is 2.28. The van der Waals surface area contributed by atoms with Crippen molar-refractivity contribution in [3.05, 3.63) is 30.1 Å². The summed E-state index contributed by atoms with van der Waals surface area (Å²) in [5.74, 6) is -0.305. The Morgan fingerprint density at radius 1 is 1.53 bits per heavy atom. The summed E-state index contributed by atoms with van der Waals surface area (Å²) >= 11 is 1.28. The molecule has 0 spiro atoms. The molecule has 94 valence electrons. The lowest BCUT2D eigenvalue weighted by atomic mass is 10.1. The molecule has 1 unspecified atom stereocenters. The van der Waals surface area contributed by atoms with Crippen LogP contribution >= 0.6 is 11.8 Å². The number of hydrogen-bond donors (Lipinski definition) is 2. The molecule has 0 radical (unpaired) electrons. The van der Waals surface area contributed by atoms with Crippen LogP contribution in [0.3, 0.4) is 0 Å². The van der Waals surface area contributed by atoms with Gasteiger partial charge in [0.15, 0.2) is 0 Å². The molecule has 1 rings (SSSR count). The highest BCUT2D eigenvalue weighted by atomic mass is 32.2. The molecule has 0 aromatic heterocycles. The van der Waals surface area contributed by atoms with Crippen LogP contribution in [0.1, 0.15) is 13.8 Å². The van der Waals surface area contributed by atoms with E-state index in [-0.39, 0.29) is 5.82 Å². The predicted molar refractivity (Wildman–Crippen MR) is 68.4 cm³/mol. The highest BCUT2D eigenvalue weighted by molar-refractivity contribution is 7.99. The number of hydrogen-bond acceptors (Lipinski definition) is 3. The number of rotatable bonds is 6. The minimum Gasteiger partial charge on any atom is -0.368 e. The van der Waals surface area contributed by atoms with Gasteiger partial charge in [-0.05, 0) is 25.6 Å². The largest absolute Gasteiger partial charge is 0.368 e. The Balaban J connectivity index is 2.71. The Hall–Kier alpha value is -1.07. The Kier molecular flexibility index (Phi) is 4.96. The summed E-state index contributed by atoms with van der Waals surface area (Å²) in [5, 5.41) is 3.03. The Morgan fingerprint density at radius 2 is 2.18 bits per heavy atom. The van der Waals surface area contributed by atoms with E-state index in [4.69, 9.17) is 5.73 Å². The third-order valence-electron chi connectivity index (χ3n) is 2.46. The fourth-order valence-corrected chi connectivity index (χ4v) is 2.45. The van der Waals surface area contributed by atoms with Crippen LogP contribution in [0.25, 0.3) is 0 Å². The van der Waals surface area contributed by atoms with Gasteiger partial charge in [0.05, 0.1) is 0 Å². The minimum atomic E-state index is -0.818. The maximum Gasteiger partial charge on any atom is 0.238 e. The Labute approximate surface area is 105 Å². The van der Waals surface area contributed by atoms with Gasteiger partial charge in [0.25, 0.3) is 0 Å². The maximum atomic E-state index is 13.4. The van der Waals surface area contributed by atoms with E-state index in [1.165, 1.54) is 17.8 Å². The van der Waals surface area contributed by atoms with Gasteiger partial charge in [-0.1, -0.05) is 19.1 Å². The molecule has 3 N–H and O–H groups in total. The number of carbonyl (C=O) groups is 1. The zero-order valence-corrected chi connectivity index (χ0v) is 10.8. The topological polar surface area (TPSA) is 55.1 Å². The summed E-state index contributed by atoms with van der Waals surface area (Å²) in [6.07, 6.45) is 0. The molecule has 0 fully saturated rings. The van der Waals surface area contributed by atoms with Crippen LogP contribution in [-0.2, 0) is 4.79 Å². The van der Waals surface area contributed by atoms with Crippen LogP contribution in [0.5, 0.6) is 0 Å². The molecule has 0 aliphatic carbocycles. The van der Waals surface area contributed by atoms with Gasteiger partial charge in [0.2, 0.25) is 5.91 Å². The zero-order chi connectivity index (χ0) is 12.9. The summed E-state index contributed by atoms with van der Waals surface area (Å²) in [6, 6.07) is 6.49. The molecular formula is C12H17FN2OS. The second-order valence-electron chi connectivity index (χ2n) is 3.95. The van der Waals surface area contributed by atoms with Crippen LogP contribution in [-0.4, -0.2) is 23.7 Å². The molecule has 0 bridgehead atoms. The third-order valence-corrected chi connectivity index (χ3v) is 3.83. The molecule has 0 heterocycles. The van der Waals surface area contributed by atoms with Gasteiger partial charge in [0, 0.05) is 10.6 Å². The number of halogens is 1. The second kappa shape index (κ2) is 6.02. The molecule has 0 saturated carbocycles. The SMILES string of the molecule is CCNC(C)(CSc1ccccc1F)C(N)=O. The van der Waals surface area contributed by atoms with E-state index in [2.05, 4.69) is 5.32 Å². The van der Waals surface area contributed by atoms with Crippen molar-refractivity contribution in [2.45, 2.75) is 24.3 Å². The van der Waals surface area contributed by atoms with Gasteiger partial charge in [-0.3, -0.25) is 4.79 Å². The van der Waals surface area contributed by atoms with Gasteiger partial charge in [-0.15, -0.1) is 11.8 Å². The summed E-state index contributed by atoms with van der Waals surface area (Å²) in [6.45, 7) is 4.26. The van der Waals surface area contributed by atoms with Crippen LogP contribution in [0.4, 0.5) is 4.39 Å². The van der Waals surface area contributed by atoms with Gasteiger partial charge in [-0.25, -0.2) is 4.39 Å². The first-order chi connectivity index (χ1) is 7.99. The van der Waals surface area contributed by atoms with Gasteiger partial charge in [-0.2, -0.15) is 0 Å². The lowest BCUT2D eigenvalue weighted by molar-refractivity contribution is -0.122. The van der Waals surface area contributed by atoms with Gasteiger partial charge < -0.3 is 11.1 Å². The molecule has 1 atom stereocenters. The van der Waals surface area contributed by atoms with Crippen LogP contribution < -0.4 is 11.1 Å². The van der Waals surface area contributed by atoms with Crippen molar-refractivity contribution in [3.63, 3.8) is 0 Å². The molecule has 0 aliphatic heterocycles. The molecule has 1 aromatic carbocycles. The van der Waals surface area contributed by atoms with E-state index in [0.717, 1.165) is 0 Å². The maximum absolute atomic E-state index is 13.4. The quantitative estimate of drug-likeness (QED) is 0.763. The molecule has 1 amide bonds. The predicted octanol–water partition coefficient (Wildman–Crippen LogP) is 1.77. The van der Waals surface area contributed by atoms with E-state index < -0.39 is 11.4 Å². The lowest BCUT2D eigenvalue weighted by Crippen LogP contribution is -2.55. The van der Waals surface area contributed by atoms with Crippen LogP contribution in [0.2, 0.25) is 0 Å². The summed E-state index contributed by atoms with van der Waals surface area (Å²) in [4.78, 5) is 11.9. The monoisotopic (exact) mass is 256 g/mol. The van der Waals surface area contributed by atoms with Gasteiger partial charge in [0.1, 0.15) is 11.4 Å². The number of thioether (sulfide) groups is 1. The molecular weight excluding hydrogens is 239 g/mol. The number of amides is 1. The van der Waals surface area contributed by atoms with E-state index in [1.807, 2.05) is 6.92 Å². The summed E-state index contributed by atoms with van der Waals surface area (Å²) in [5.41, 5.74) is 4.53. The molecule has 1 aromatic rings. The van der Waals surface area contributed by atoms with E-state index >= 15 is 0 Å². The van der Waals surface area contributed by atoms with E-state index in [1.54, 1.807) is 25.1 Å². The van der Waals surface area contributed by atoms with Crippen molar-refractivity contribution < 1.29 is 9.18 Å². The fraction of sp³-hybridized carbons (Fsp3) is 0.417. The first kappa shape index (κ1) is 14.0. The molecule has 0 aliphatic rings. The van der Waals surface area contributed by atoms with Crippen molar-refractivity contribution in [2.24, 2.45) is 5.73 Å². The first-order valence-corrected chi connectivity index (χ1v) is 6.40. The number of primary amides is 1. The smallest absolute Gasteiger partial charge is 0.238 e. The molecule has 17 heavy (non-hydrogen) atoms. The standard InChI is InChI=1S/C12H17FN2OS/c1-3-15-12(2,11(14)16)8-17-10-7-5-4-6-9(10)13/h4-7,15H,3,8H2,1-2H3,(H2,14,16). The van der Waals surface area contributed by atoms with Crippen molar-refractivity contribution in [1.82, 2.24) is 5.32 Å². The Bertz CT molecular complexity index is 400. The van der Waals surface area contributed by atoms with Crippen molar-refractivity contribution in [2.75, 3.05) is 12.3 Å². The highest BCUT2D eigenvalue weighted by Gasteiger charge is 2.30. The average molecular weight is 256 g/mol. The summed E-state index contributed by atoms with van der Waals surface area (Å²) in [7, 11) is 0. The van der Waals surface area contributed by atoms with Crippen LogP contribution in [0.15, 0.2) is 29.2 Å². The minimum absolute atomic E-state index is 0.277. The number of nitrogens with one attached hydrogen (secondary N) is 1. The van der Waals surface area contributed by atoms with Crippen LogP contribution in [0, 0.1) is 5.82 Å². The first-order valence-electron chi connectivity index (χ1n) is 5.42. The van der Waals surface area contributed by atoms with Crippen molar-refractivity contribution >= 4 is 17.7 Å². The second-order valence-corrected chi connectivity index (χ2v) is 4.96. The number of benzene rings is 1. The molecule has 0 saturated heterocycles. The normalized spacial score (nSPS) is 14.3. The molecule has 3 nitrogen and oxygen atoms in total. The van der Waals surface area contributed by atoms with Crippen molar-refractivity contribution in [1.29, 1.82) is 0 Å². The molecule has 5 heteroatoms. The number of likely N-dealkylation sites (N-methyl/N-ethyl adjacent to an activating group) is 1. The van der Waals surface area contributed by atoms with E-state index in [9.17, 15) is 9.18 Å². The third kappa shape index (κ3) is 3.71. The number of carbonyl (C=O) groups excluding carboxylic acids is 1. The van der Waals surface area contributed by atoms with E-state index in [0.29, 0.717) is 17.2 Å². The fourth-order valence-electron chi connectivity index (χ4n) is 1.38. The lowest BCUT2D eigenvalue weighted by Gasteiger charge is -2.26. The highest BCUT2D eigenvalue weighted by Crippen LogP contribution is 2.24. The van der Waals surface area contributed by atoms with Crippen molar-refractivity contribution in [3.8, 4) is 0 Å².